The minimum Gasteiger partial charge on any atom is -0.419 e. The number of hydrogen-bond acceptors (Lipinski definition) is 5. The number of aromatic nitrogens is 5. The summed E-state index contributed by atoms with van der Waals surface area (Å²) in [6.45, 7) is 2.77. The van der Waals surface area contributed by atoms with Crippen LogP contribution in [0.25, 0.3) is 11.6 Å². The van der Waals surface area contributed by atoms with Crippen LogP contribution in [0.15, 0.2) is 29.1 Å². The summed E-state index contributed by atoms with van der Waals surface area (Å²) in [5.41, 5.74) is 2.08. The van der Waals surface area contributed by atoms with Gasteiger partial charge in [0.1, 0.15) is 17.6 Å². The van der Waals surface area contributed by atoms with Gasteiger partial charge in [-0.25, -0.2) is 4.98 Å². The Hall–Kier alpha value is -2.41. The smallest absolute Gasteiger partial charge is 0.264 e. The molecule has 0 unspecified atom stereocenters. The Bertz CT molecular complexity index is 827. The van der Waals surface area contributed by atoms with Gasteiger partial charge in [-0.1, -0.05) is 0 Å². The highest BCUT2D eigenvalue weighted by atomic mass is 16.5. The lowest BCUT2D eigenvalue weighted by Crippen LogP contribution is -2.23. The summed E-state index contributed by atoms with van der Waals surface area (Å²) in [5.74, 6) is 2.11. The molecular weight excluding hydrogens is 306 g/mol. The fourth-order valence-electron chi connectivity index (χ4n) is 3.39. The first-order chi connectivity index (χ1) is 11.6. The van der Waals surface area contributed by atoms with Gasteiger partial charge in [0.2, 0.25) is 5.89 Å². The first-order valence-electron chi connectivity index (χ1n) is 8.19. The van der Waals surface area contributed by atoms with E-state index in [-0.39, 0.29) is 12.0 Å². The molecule has 1 aliphatic rings. The topological polar surface area (TPSA) is 70.9 Å². The van der Waals surface area contributed by atoms with Crippen molar-refractivity contribution >= 4 is 0 Å². The second kappa shape index (κ2) is 5.90. The first kappa shape index (κ1) is 15.1. The van der Waals surface area contributed by atoms with Crippen molar-refractivity contribution in [2.75, 3.05) is 6.61 Å². The maximum Gasteiger partial charge on any atom is 0.264 e. The van der Waals surface area contributed by atoms with E-state index < -0.39 is 0 Å². The molecule has 0 saturated carbocycles. The van der Waals surface area contributed by atoms with Crippen LogP contribution in [0.1, 0.15) is 42.1 Å². The van der Waals surface area contributed by atoms with Crippen molar-refractivity contribution in [2.24, 2.45) is 14.1 Å². The van der Waals surface area contributed by atoms with Crippen molar-refractivity contribution in [3.8, 4) is 11.6 Å². The average Bonchev–Trinajstić information content (AvgIpc) is 3.28. The van der Waals surface area contributed by atoms with Crippen LogP contribution >= 0.6 is 0 Å². The lowest BCUT2D eigenvalue weighted by atomic mass is 9.93. The Labute approximate surface area is 140 Å². The van der Waals surface area contributed by atoms with Gasteiger partial charge in [-0.3, -0.25) is 0 Å². The van der Waals surface area contributed by atoms with E-state index in [1.807, 2.05) is 48.6 Å². The van der Waals surface area contributed by atoms with Gasteiger partial charge in [-0.2, -0.15) is 0 Å². The fourth-order valence-corrected chi connectivity index (χ4v) is 3.39. The molecule has 7 heteroatoms. The van der Waals surface area contributed by atoms with E-state index in [0.29, 0.717) is 11.8 Å². The van der Waals surface area contributed by atoms with E-state index in [9.17, 15) is 0 Å². The summed E-state index contributed by atoms with van der Waals surface area (Å²) in [6.07, 6.45) is 7.49. The summed E-state index contributed by atoms with van der Waals surface area (Å²) in [6, 6.07) is 2.04. The number of hydrogen-bond donors (Lipinski definition) is 0. The molecule has 1 fully saturated rings. The van der Waals surface area contributed by atoms with E-state index >= 15 is 0 Å². The maximum atomic E-state index is 6.04. The molecule has 1 saturated heterocycles. The molecule has 3 aromatic rings. The summed E-state index contributed by atoms with van der Waals surface area (Å²) in [7, 11) is 3.95. The SMILES string of the molecule is Cc1ccn(C)c1-c1nnc([C@@H]2CCCO[C@H]2c2nccn2C)o1. The van der Waals surface area contributed by atoms with E-state index in [1.165, 1.54) is 0 Å². The molecule has 0 aliphatic carbocycles. The third kappa shape index (κ3) is 2.45. The van der Waals surface area contributed by atoms with Crippen molar-refractivity contribution in [3.05, 3.63) is 41.9 Å². The molecular formula is C17H21N5O2. The Balaban J connectivity index is 1.69. The van der Waals surface area contributed by atoms with Crippen molar-refractivity contribution in [1.82, 2.24) is 24.3 Å². The Kier molecular flexibility index (Phi) is 3.72. The predicted molar refractivity (Wildman–Crippen MR) is 87.3 cm³/mol. The van der Waals surface area contributed by atoms with E-state index in [0.717, 1.165) is 36.5 Å². The van der Waals surface area contributed by atoms with Gasteiger partial charge in [-0.15, -0.1) is 10.2 Å². The zero-order valence-corrected chi connectivity index (χ0v) is 14.1. The van der Waals surface area contributed by atoms with E-state index in [1.54, 1.807) is 6.20 Å². The minimum atomic E-state index is -0.151. The Morgan fingerprint density at radius 1 is 1.17 bits per heavy atom. The van der Waals surface area contributed by atoms with Gasteiger partial charge in [-0.05, 0) is 31.4 Å². The minimum absolute atomic E-state index is 0.0293. The molecule has 0 N–H and O–H groups in total. The van der Waals surface area contributed by atoms with Crippen LogP contribution in [-0.4, -0.2) is 30.9 Å². The molecule has 0 bridgehead atoms. The molecule has 4 heterocycles. The molecule has 3 aromatic heterocycles. The average molecular weight is 327 g/mol. The summed E-state index contributed by atoms with van der Waals surface area (Å²) in [5, 5.41) is 8.59. The lowest BCUT2D eigenvalue weighted by molar-refractivity contribution is -0.0156. The molecule has 4 rings (SSSR count). The number of nitrogens with zero attached hydrogens (tertiary/aromatic N) is 5. The Morgan fingerprint density at radius 3 is 2.75 bits per heavy atom. The number of imidazole rings is 1. The van der Waals surface area contributed by atoms with Gasteiger partial charge in [0, 0.05) is 39.3 Å². The molecule has 2 atom stereocenters. The van der Waals surface area contributed by atoms with Crippen LogP contribution in [-0.2, 0) is 18.8 Å². The molecule has 126 valence electrons. The zero-order valence-electron chi connectivity index (χ0n) is 14.1. The largest absolute Gasteiger partial charge is 0.419 e. The third-order valence-electron chi connectivity index (χ3n) is 4.67. The van der Waals surface area contributed by atoms with Crippen molar-refractivity contribution in [1.29, 1.82) is 0 Å². The maximum absolute atomic E-state index is 6.04. The van der Waals surface area contributed by atoms with Crippen LogP contribution in [0, 0.1) is 6.92 Å². The Morgan fingerprint density at radius 2 is 2.04 bits per heavy atom. The number of aryl methyl sites for hydroxylation is 3. The highest BCUT2D eigenvalue weighted by molar-refractivity contribution is 5.53. The summed E-state index contributed by atoms with van der Waals surface area (Å²) >= 11 is 0. The fraction of sp³-hybridized carbons (Fsp3) is 0.471. The highest BCUT2D eigenvalue weighted by Gasteiger charge is 2.35. The second-order valence-electron chi connectivity index (χ2n) is 6.34. The van der Waals surface area contributed by atoms with Crippen molar-refractivity contribution < 1.29 is 9.15 Å². The van der Waals surface area contributed by atoms with E-state index in [4.69, 9.17) is 9.15 Å². The molecule has 1 aliphatic heterocycles. The molecule has 0 aromatic carbocycles. The van der Waals surface area contributed by atoms with Gasteiger partial charge in [0.05, 0.1) is 5.92 Å². The lowest BCUT2D eigenvalue weighted by Gasteiger charge is -2.28. The molecule has 0 amide bonds. The van der Waals surface area contributed by atoms with Crippen LogP contribution < -0.4 is 0 Å². The highest BCUT2D eigenvalue weighted by Crippen LogP contribution is 2.40. The normalized spacial score (nSPS) is 21.3. The monoisotopic (exact) mass is 327 g/mol. The summed E-state index contributed by atoms with van der Waals surface area (Å²) < 4.78 is 16.0. The molecule has 0 radical (unpaired) electrons. The first-order valence-corrected chi connectivity index (χ1v) is 8.19. The van der Waals surface area contributed by atoms with Crippen LogP contribution in [0.3, 0.4) is 0 Å². The van der Waals surface area contributed by atoms with E-state index in [2.05, 4.69) is 15.2 Å². The van der Waals surface area contributed by atoms with Gasteiger partial charge in [0.15, 0.2) is 0 Å². The standard InChI is InChI=1S/C17H21N5O2/c1-11-6-8-21(2)13(11)17-20-19-16(24-17)12-5-4-10-23-14(12)15-18-7-9-22(15)3/h6-9,12,14H,4-5,10H2,1-3H3/t12-,14-/m1/s1. The predicted octanol–water partition coefficient (Wildman–Crippen LogP) is 2.75. The van der Waals surface area contributed by atoms with Crippen LogP contribution in [0.4, 0.5) is 0 Å². The molecule has 24 heavy (non-hydrogen) atoms. The van der Waals surface area contributed by atoms with Crippen molar-refractivity contribution in [2.45, 2.75) is 31.8 Å². The van der Waals surface area contributed by atoms with Gasteiger partial charge >= 0.3 is 0 Å². The second-order valence-corrected chi connectivity index (χ2v) is 6.34. The zero-order chi connectivity index (χ0) is 16.7. The molecule has 7 nitrogen and oxygen atoms in total. The quantitative estimate of drug-likeness (QED) is 0.740. The van der Waals surface area contributed by atoms with Crippen molar-refractivity contribution in [3.63, 3.8) is 0 Å². The van der Waals surface area contributed by atoms with Gasteiger partial charge < -0.3 is 18.3 Å². The summed E-state index contributed by atoms with van der Waals surface area (Å²) in [4.78, 5) is 4.44. The van der Waals surface area contributed by atoms with Crippen LogP contribution in [0.5, 0.6) is 0 Å². The third-order valence-corrected chi connectivity index (χ3v) is 4.67. The number of rotatable bonds is 3. The van der Waals surface area contributed by atoms with Crippen LogP contribution in [0.2, 0.25) is 0 Å². The number of ether oxygens (including phenoxy) is 1. The van der Waals surface area contributed by atoms with Gasteiger partial charge in [0.25, 0.3) is 5.89 Å². The molecule has 0 spiro atoms.